The Bertz CT molecular complexity index is 1120. The predicted molar refractivity (Wildman–Crippen MR) is 135 cm³/mol. The highest BCUT2D eigenvalue weighted by Crippen LogP contribution is 2.27. The van der Waals surface area contributed by atoms with Crippen molar-refractivity contribution >= 4 is 11.8 Å². The summed E-state index contributed by atoms with van der Waals surface area (Å²) < 4.78 is 11.5. The molecular weight excluding hydrogens is 456 g/mol. The van der Waals surface area contributed by atoms with Gasteiger partial charge in [0.05, 0.1) is 0 Å². The zero-order chi connectivity index (χ0) is 25.3. The number of carbonyl (C=O) groups excluding carboxylic acids is 2. The number of likely N-dealkylation sites (tertiary alicyclic amines) is 1. The van der Waals surface area contributed by atoms with Gasteiger partial charge in [-0.1, -0.05) is 60.6 Å². The second kappa shape index (κ2) is 12.3. The molecule has 0 saturated carbocycles. The van der Waals surface area contributed by atoms with Crippen LogP contribution < -0.4 is 4.74 Å². The minimum absolute atomic E-state index is 0.0273. The summed E-state index contributed by atoms with van der Waals surface area (Å²) in [5.41, 5.74) is 1.08. The fourth-order valence-electron chi connectivity index (χ4n) is 4.50. The molecule has 1 aromatic heterocycles. The van der Waals surface area contributed by atoms with E-state index in [0.717, 1.165) is 11.3 Å². The van der Waals surface area contributed by atoms with Crippen LogP contribution in [0.3, 0.4) is 0 Å². The highest BCUT2D eigenvalue weighted by molar-refractivity contribution is 5.78. The largest absolute Gasteiger partial charge is 0.490 e. The normalized spacial score (nSPS) is 17.6. The lowest BCUT2D eigenvalue weighted by atomic mass is 9.90. The zero-order valence-electron chi connectivity index (χ0n) is 21.0. The lowest BCUT2D eigenvalue weighted by molar-refractivity contribution is -0.139. The minimum Gasteiger partial charge on any atom is -0.490 e. The molecule has 0 radical (unpaired) electrons. The molecule has 2 amide bonds. The summed E-state index contributed by atoms with van der Waals surface area (Å²) in [6, 6.07) is 19.6. The van der Waals surface area contributed by atoms with Crippen LogP contribution in [0.2, 0.25) is 0 Å². The Morgan fingerprint density at radius 3 is 2.53 bits per heavy atom. The van der Waals surface area contributed by atoms with Crippen molar-refractivity contribution in [3.05, 3.63) is 77.9 Å². The van der Waals surface area contributed by atoms with Crippen molar-refractivity contribution in [1.29, 1.82) is 0 Å². The molecule has 0 unspecified atom stereocenters. The summed E-state index contributed by atoms with van der Waals surface area (Å²) in [7, 11) is 1.82. The van der Waals surface area contributed by atoms with E-state index < -0.39 is 0 Å². The molecule has 2 heterocycles. The Balaban J connectivity index is 1.39. The van der Waals surface area contributed by atoms with Gasteiger partial charge in [0.15, 0.2) is 5.82 Å². The summed E-state index contributed by atoms with van der Waals surface area (Å²) in [5.74, 6) is 1.87. The average molecular weight is 491 g/mol. The van der Waals surface area contributed by atoms with Crippen molar-refractivity contribution in [3.8, 4) is 5.75 Å². The van der Waals surface area contributed by atoms with Crippen LogP contribution in [-0.4, -0.2) is 58.0 Å². The number of piperidine rings is 1. The molecule has 2 atom stereocenters. The zero-order valence-corrected chi connectivity index (χ0v) is 21.0. The molecule has 8 heteroatoms. The first-order valence-electron chi connectivity index (χ1n) is 12.6. The molecule has 1 fully saturated rings. The molecule has 1 aliphatic rings. The Hall–Kier alpha value is -3.68. The van der Waals surface area contributed by atoms with E-state index in [1.54, 1.807) is 4.90 Å². The number of amides is 2. The van der Waals surface area contributed by atoms with Gasteiger partial charge >= 0.3 is 0 Å². The van der Waals surface area contributed by atoms with Crippen LogP contribution in [0.5, 0.6) is 5.75 Å². The molecule has 1 saturated heterocycles. The van der Waals surface area contributed by atoms with Crippen LogP contribution in [0, 0.1) is 5.92 Å². The monoisotopic (exact) mass is 490 g/mol. The summed E-state index contributed by atoms with van der Waals surface area (Å²) in [6.45, 7) is 3.57. The van der Waals surface area contributed by atoms with Crippen LogP contribution in [-0.2, 0) is 29.0 Å². The van der Waals surface area contributed by atoms with Crippen molar-refractivity contribution in [1.82, 2.24) is 19.9 Å². The fourth-order valence-corrected chi connectivity index (χ4v) is 4.50. The Morgan fingerprint density at radius 1 is 1.11 bits per heavy atom. The molecule has 3 aromatic rings. The number of rotatable bonds is 10. The number of nitrogens with zero attached hydrogens (tertiary/aromatic N) is 4. The Kier molecular flexibility index (Phi) is 8.71. The van der Waals surface area contributed by atoms with E-state index in [-0.39, 0.29) is 23.8 Å². The first kappa shape index (κ1) is 25.4. The van der Waals surface area contributed by atoms with Gasteiger partial charge in [-0.25, -0.2) is 0 Å². The number of ether oxygens (including phenoxy) is 1. The van der Waals surface area contributed by atoms with Gasteiger partial charge in [0.1, 0.15) is 11.9 Å². The van der Waals surface area contributed by atoms with Gasteiger partial charge in [-0.05, 0) is 17.7 Å². The number of para-hydroxylation sites is 1. The van der Waals surface area contributed by atoms with Crippen molar-refractivity contribution in [2.24, 2.45) is 5.92 Å². The van der Waals surface area contributed by atoms with Crippen molar-refractivity contribution in [2.45, 2.75) is 51.7 Å². The van der Waals surface area contributed by atoms with E-state index in [9.17, 15) is 9.59 Å². The summed E-state index contributed by atoms with van der Waals surface area (Å²) in [4.78, 5) is 34.1. The number of aromatic nitrogens is 2. The molecule has 4 rings (SSSR count). The molecule has 2 aromatic carbocycles. The third-order valence-corrected chi connectivity index (χ3v) is 6.55. The van der Waals surface area contributed by atoms with E-state index in [4.69, 9.17) is 9.26 Å². The molecule has 0 aliphatic carbocycles. The average Bonchev–Trinajstić information content (AvgIpc) is 3.37. The highest BCUT2D eigenvalue weighted by atomic mass is 16.5. The molecule has 0 spiro atoms. The number of carbonyl (C=O) groups is 2. The quantitative estimate of drug-likeness (QED) is 0.428. The molecule has 0 bridgehead atoms. The van der Waals surface area contributed by atoms with Gasteiger partial charge in [0, 0.05) is 64.7 Å². The van der Waals surface area contributed by atoms with Gasteiger partial charge in [-0.15, -0.1) is 0 Å². The molecule has 8 nitrogen and oxygen atoms in total. The minimum atomic E-state index is -0.145. The van der Waals surface area contributed by atoms with Crippen molar-refractivity contribution < 1.29 is 18.8 Å². The van der Waals surface area contributed by atoms with Gasteiger partial charge in [0.2, 0.25) is 17.7 Å². The second-order valence-corrected chi connectivity index (χ2v) is 9.26. The van der Waals surface area contributed by atoms with E-state index in [2.05, 4.69) is 10.1 Å². The first-order chi connectivity index (χ1) is 17.5. The lowest BCUT2D eigenvalue weighted by Gasteiger charge is -2.39. The van der Waals surface area contributed by atoms with Crippen LogP contribution in [0.4, 0.5) is 0 Å². The standard InChI is InChI=1S/C28H34N4O4/c1-3-25-29-26(36-30-25)14-15-27(33)32-17-16-24(35-23-12-8-5-9-13-23)22(20-32)18-28(34)31(2)19-21-10-6-4-7-11-21/h4-13,22,24H,3,14-20H2,1-2H3/t22-,24-/m0/s1. The van der Waals surface area contributed by atoms with Crippen LogP contribution in [0.1, 0.15) is 43.5 Å². The highest BCUT2D eigenvalue weighted by Gasteiger charge is 2.35. The molecule has 0 N–H and O–H groups in total. The van der Waals surface area contributed by atoms with Gasteiger partial charge < -0.3 is 19.1 Å². The molecular formula is C28H34N4O4. The van der Waals surface area contributed by atoms with Gasteiger partial charge in [-0.3, -0.25) is 9.59 Å². The topological polar surface area (TPSA) is 88.8 Å². The van der Waals surface area contributed by atoms with Gasteiger partial charge in [0.25, 0.3) is 0 Å². The van der Waals surface area contributed by atoms with Crippen LogP contribution in [0.15, 0.2) is 65.2 Å². The Morgan fingerprint density at radius 2 is 1.83 bits per heavy atom. The second-order valence-electron chi connectivity index (χ2n) is 9.26. The van der Waals surface area contributed by atoms with Crippen molar-refractivity contribution in [2.75, 3.05) is 20.1 Å². The maximum Gasteiger partial charge on any atom is 0.227 e. The number of hydrogen-bond donors (Lipinski definition) is 0. The molecule has 1 aliphatic heterocycles. The smallest absolute Gasteiger partial charge is 0.227 e. The fraction of sp³-hybridized carbons (Fsp3) is 0.429. The van der Waals surface area contributed by atoms with Crippen molar-refractivity contribution in [3.63, 3.8) is 0 Å². The summed E-state index contributed by atoms with van der Waals surface area (Å²) in [5, 5.41) is 3.90. The van der Waals surface area contributed by atoms with E-state index in [0.29, 0.717) is 63.5 Å². The molecule has 36 heavy (non-hydrogen) atoms. The summed E-state index contributed by atoms with van der Waals surface area (Å²) >= 11 is 0. The first-order valence-corrected chi connectivity index (χ1v) is 12.6. The number of aryl methyl sites for hydroxylation is 2. The van der Waals surface area contributed by atoms with E-state index in [1.807, 2.05) is 79.5 Å². The predicted octanol–water partition coefficient (Wildman–Crippen LogP) is 3.91. The number of benzene rings is 2. The summed E-state index contributed by atoms with van der Waals surface area (Å²) in [6.07, 6.45) is 2.24. The van der Waals surface area contributed by atoms with E-state index in [1.165, 1.54) is 0 Å². The lowest BCUT2D eigenvalue weighted by Crippen LogP contribution is -2.49. The maximum absolute atomic E-state index is 13.2. The Labute approximate surface area is 212 Å². The third kappa shape index (κ3) is 6.93. The van der Waals surface area contributed by atoms with Gasteiger partial charge in [-0.2, -0.15) is 4.98 Å². The van der Waals surface area contributed by atoms with E-state index >= 15 is 0 Å². The number of hydrogen-bond acceptors (Lipinski definition) is 6. The van der Waals surface area contributed by atoms with Crippen LogP contribution >= 0.6 is 0 Å². The molecule has 190 valence electrons. The SMILES string of the molecule is CCc1noc(CCC(=O)N2CC[C@H](Oc3ccccc3)[C@@H](CC(=O)N(C)Cc3ccccc3)C2)n1. The third-order valence-electron chi connectivity index (χ3n) is 6.55. The maximum atomic E-state index is 13.2. The van der Waals surface area contributed by atoms with Crippen LogP contribution in [0.25, 0.3) is 0 Å².